The second-order valence-electron chi connectivity index (χ2n) is 5.83. The minimum atomic E-state index is -0.108. The van der Waals surface area contributed by atoms with E-state index in [-0.39, 0.29) is 5.97 Å². The number of rotatable bonds is 6. The summed E-state index contributed by atoms with van der Waals surface area (Å²) < 4.78 is 21.9. The summed E-state index contributed by atoms with van der Waals surface area (Å²) in [7, 11) is 1.44. The third kappa shape index (κ3) is 3.61. The molecule has 3 rings (SSSR count). The van der Waals surface area contributed by atoms with Crippen LogP contribution in [0.2, 0.25) is 0 Å². The van der Waals surface area contributed by atoms with Crippen molar-refractivity contribution in [3.8, 4) is 22.6 Å². The van der Waals surface area contributed by atoms with Gasteiger partial charge in [0.05, 0.1) is 6.61 Å². The van der Waals surface area contributed by atoms with Gasteiger partial charge < -0.3 is 23.7 Å². The van der Waals surface area contributed by atoms with E-state index in [1.54, 1.807) is 6.07 Å². The summed E-state index contributed by atoms with van der Waals surface area (Å²) in [6.07, 6.45) is 0. The van der Waals surface area contributed by atoms with Crippen molar-refractivity contribution in [2.75, 3.05) is 26.9 Å². The Morgan fingerprint density at radius 2 is 2.04 bits per heavy atom. The predicted octanol–water partition coefficient (Wildman–Crippen LogP) is 3.47. The molecule has 0 bridgehead atoms. The number of methoxy groups -OCH3 is 1. The average Bonchev–Trinajstić information content (AvgIpc) is 2.63. The molecule has 0 amide bonds. The molecule has 0 saturated carbocycles. The zero-order chi connectivity index (χ0) is 17.8. The summed E-state index contributed by atoms with van der Waals surface area (Å²) in [6, 6.07) is 9.54. The number of hydrogen-bond acceptors (Lipinski definition) is 4. The Hall–Kier alpha value is -2.53. The molecule has 5 heteroatoms. The number of aryl methyl sites for hydroxylation is 1. The summed E-state index contributed by atoms with van der Waals surface area (Å²) in [5.74, 6) is 1.50. The molecule has 0 radical (unpaired) electrons. The third-order valence-electron chi connectivity index (χ3n) is 4.16. The van der Waals surface area contributed by atoms with E-state index in [1.807, 2.05) is 31.2 Å². The number of benzene rings is 2. The summed E-state index contributed by atoms with van der Waals surface area (Å²) in [6.45, 7) is 6.28. The predicted molar refractivity (Wildman–Crippen MR) is 96.0 cm³/mol. The molecule has 0 fully saturated rings. The number of fused-ring (bicyclic) bond motifs is 3. The van der Waals surface area contributed by atoms with Crippen molar-refractivity contribution in [1.82, 2.24) is 0 Å². The van der Waals surface area contributed by atoms with E-state index in [0.717, 1.165) is 33.8 Å². The first-order valence-electron chi connectivity index (χ1n) is 8.35. The molecule has 1 aliphatic heterocycles. The molecule has 0 unspecified atom stereocenters. The highest BCUT2D eigenvalue weighted by atomic mass is 16.5. The van der Waals surface area contributed by atoms with Gasteiger partial charge in [0.25, 0.3) is 0 Å². The van der Waals surface area contributed by atoms with Gasteiger partial charge in [-0.25, -0.2) is 0 Å². The van der Waals surface area contributed by atoms with E-state index in [9.17, 15) is 4.79 Å². The van der Waals surface area contributed by atoms with E-state index in [4.69, 9.17) is 18.9 Å². The van der Waals surface area contributed by atoms with Crippen LogP contribution >= 0.6 is 0 Å². The van der Waals surface area contributed by atoms with E-state index in [0.29, 0.717) is 32.0 Å². The maximum atomic E-state index is 9.85. The lowest BCUT2D eigenvalue weighted by molar-refractivity contribution is 0.110. The van der Waals surface area contributed by atoms with Crippen LogP contribution in [0.15, 0.2) is 30.3 Å². The molecule has 2 aromatic carbocycles. The van der Waals surface area contributed by atoms with E-state index >= 15 is 0 Å². The summed E-state index contributed by atoms with van der Waals surface area (Å²) in [5, 5.41) is 0. The van der Waals surface area contributed by atoms with Gasteiger partial charge in [-0.05, 0) is 55.3 Å². The monoisotopic (exact) mass is 343 g/mol. The van der Waals surface area contributed by atoms with E-state index in [2.05, 4.69) is 6.92 Å². The first kappa shape index (κ1) is 17.3. The van der Waals surface area contributed by atoms with Crippen LogP contribution < -0.4 is 9.47 Å². The lowest BCUT2D eigenvalue weighted by atomic mass is 9.91. The van der Waals surface area contributed by atoms with Gasteiger partial charge in [0.1, 0.15) is 30.3 Å². The van der Waals surface area contributed by atoms with Gasteiger partial charge in [-0.15, -0.1) is 0 Å². The molecule has 0 atom stereocenters. The zero-order valence-electron chi connectivity index (χ0n) is 14.8. The van der Waals surface area contributed by atoms with Crippen LogP contribution in [0.5, 0.6) is 11.5 Å². The highest BCUT2D eigenvalue weighted by molar-refractivity contribution is 5.93. The Morgan fingerprint density at radius 3 is 2.80 bits per heavy atom. The SMILES string of the molecule is CCOCCOc1cc(C)c2c(c1)COc1ccc(C(=[OH+])OC)cc1-2. The Labute approximate surface area is 147 Å². The highest BCUT2D eigenvalue weighted by Gasteiger charge is 2.23. The van der Waals surface area contributed by atoms with Crippen molar-refractivity contribution >= 4 is 5.97 Å². The Kier molecular flexibility index (Phi) is 5.24. The molecule has 1 N–H and O–H groups in total. The van der Waals surface area contributed by atoms with Gasteiger partial charge in [-0.2, -0.15) is 0 Å². The van der Waals surface area contributed by atoms with Crippen molar-refractivity contribution in [1.29, 1.82) is 0 Å². The van der Waals surface area contributed by atoms with Gasteiger partial charge in [-0.3, -0.25) is 0 Å². The summed E-state index contributed by atoms with van der Waals surface area (Å²) >= 11 is 0. The van der Waals surface area contributed by atoms with Crippen LogP contribution in [0.4, 0.5) is 0 Å². The van der Waals surface area contributed by atoms with Crippen molar-refractivity contribution in [2.45, 2.75) is 20.5 Å². The quantitative estimate of drug-likeness (QED) is 0.458. The first-order chi connectivity index (χ1) is 12.1. The second-order valence-corrected chi connectivity index (χ2v) is 5.83. The largest absolute Gasteiger partial charge is 0.517 e. The molecule has 1 heterocycles. The smallest absolute Gasteiger partial charge is 0.491 e. The maximum absolute atomic E-state index is 9.85. The molecule has 0 aliphatic carbocycles. The van der Waals surface area contributed by atoms with E-state index in [1.165, 1.54) is 7.11 Å². The molecule has 0 aromatic heterocycles. The molecule has 0 spiro atoms. The standard InChI is InChI=1S/C20H22O5/c1-4-23-7-8-24-16-9-13(2)19-15(10-16)12-25-18-6-5-14(11-17(18)19)20(21)22-3/h5-6,9-11H,4,7-8,12H2,1-3H3/p+1. The number of carbonyl (C=O) groups excluding carboxylic acids is 1. The lowest BCUT2D eigenvalue weighted by Crippen LogP contribution is -2.11. The third-order valence-corrected chi connectivity index (χ3v) is 4.16. The number of esters is 1. The van der Waals surface area contributed by atoms with E-state index < -0.39 is 0 Å². The van der Waals surface area contributed by atoms with Crippen molar-refractivity contribution in [3.05, 3.63) is 47.0 Å². The molecule has 5 nitrogen and oxygen atoms in total. The second kappa shape index (κ2) is 7.57. The zero-order valence-corrected chi connectivity index (χ0v) is 14.8. The highest BCUT2D eigenvalue weighted by Crippen LogP contribution is 2.41. The average molecular weight is 343 g/mol. The molecule has 2 aromatic rings. The first-order valence-corrected chi connectivity index (χ1v) is 8.35. The Morgan fingerprint density at radius 1 is 1.20 bits per heavy atom. The van der Waals surface area contributed by atoms with Gasteiger partial charge in [0.2, 0.25) is 0 Å². The van der Waals surface area contributed by atoms with Gasteiger partial charge in [0.15, 0.2) is 7.11 Å². The van der Waals surface area contributed by atoms with Crippen LogP contribution in [0.3, 0.4) is 0 Å². The molecular weight excluding hydrogens is 320 g/mol. The molecule has 25 heavy (non-hydrogen) atoms. The minimum absolute atomic E-state index is 0.108. The van der Waals surface area contributed by atoms with Crippen molar-refractivity contribution in [2.24, 2.45) is 0 Å². The fourth-order valence-electron chi connectivity index (χ4n) is 3.03. The van der Waals surface area contributed by atoms with Crippen molar-refractivity contribution < 1.29 is 23.7 Å². The normalized spacial score (nSPS) is 12.0. The minimum Gasteiger partial charge on any atom is -0.491 e. The topological polar surface area (TPSA) is 58.3 Å². The Balaban J connectivity index is 1.92. The molecular formula is C20H23O5+. The Bertz CT molecular complexity index is 782. The van der Waals surface area contributed by atoms with Crippen molar-refractivity contribution in [3.63, 3.8) is 0 Å². The molecule has 1 aliphatic rings. The lowest BCUT2D eigenvalue weighted by Gasteiger charge is -2.23. The van der Waals surface area contributed by atoms with Gasteiger partial charge in [0, 0.05) is 17.7 Å². The van der Waals surface area contributed by atoms with Gasteiger partial charge >= 0.3 is 5.97 Å². The fourth-order valence-corrected chi connectivity index (χ4v) is 3.03. The van der Waals surface area contributed by atoms with Crippen LogP contribution in [-0.4, -0.2) is 37.7 Å². The molecule has 132 valence electrons. The van der Waals surface area contributed by atoms with Gasteiger partial charge in [-0.1, -0.05) is 0 Å². The van der Waals surface area contributed by atoms with Crippen LogP contribution in [0.25, 0.3) is 11.1 Å². The number of ether oxygens (including phenoxy) is 4. The van der Waals surface area contributed by atoms with Crippen LogP contribution in [0.1, 0.15) is 23.6 Å². The fraction of sp³-hybridized carbons (Fsp3) is 0.350. The summed E-state index contributed by atoms with van der Waals surface area (Å²) in [4.78, 5) is 9.85. The number of hydrogen-bond donors (Lipinski definition) is 0. The summed E-state index contributed by atoms with van der Waals surface area (Å²) in [5.41, 5.74) is 4.84. The van der Waals surface area contributed by atoms with Crippen LogP contribution in [-0.2, 0) is 16.1 Å². The molecule has 0 saturated heterocycles. The maximum Gasteiger partial charge on any atom is 0.517 e. The van der Waals surface area contributed by atoms with Crippen LogP contribution in [0, 0.1) is 6.92 Å².